The van der Waals surface area contributed by atoms with E-state index < -0.39 is 6.04 Å². The number of hydrogen-bond acceptors (Lipinski definition) is 3. The number of piperazine rings is 1. The highest BCUT2D eigenvalue weighted by atomic mass is 35.5. The van der Waals surface area contributed by atoms with Crippen molar-refractivity contribution < 1.29 is 9.18 Å². The Bertz CT molecular complexity index is 1090. The lowest BCUT2D eigenvalue weighted by Gasteiger charge is -2.35. The van der Waals surface area contributed by atoms with Crippen molar-refractivity contribution in [1.82, 2.24) is 19.4 Å². The third kappa shape index (κ3) is 4.56. The molecule has 4 rings (SSSR count). The van der Waals surface area contributed by atoms with Crippen LogP contribution in [0.2, 0.25) is 10.0 Å². The van der Waals surface area contributed by atoms with Crippen LogP contribution in [0.1, 0.15) is 31.3 Å². The molecule has 1 aliphatic heterocycles. The minimum atomic E-state index is -0.453. The van der Waals surface area contributed by atoms with Gasteiger partial charge in [-0.1, -0.05) is 42.3 Å². The molecule has 1 atom stereocenters. The Morgan fingerprint density at radius 3 is 2.39 bits per heavy atom. The molecule has 0 spiro atoms. The van der Waals surface area contributed by atoms with Crippen molar-refractivity contribution in [3.8, 4) is 0 Å². The van der Waals surface area contributed by atoms with Gasteiger partial charge in [0.1, 0.15) is 17.7 Å². The maximum absolute atomic E-state index is 13.4. The molecule has 5 nitrogen and oxygen atoms in total. The van der Waals surface area contributed by atoms with Gasteiger partial charge in [0, 0.05) is 32.6 Å². The van der Waals surface area contributed by atoms with Crippen LogP contribution in [0.3, 0.4) is 0 Å². The summed E-state index contributed by atoms with van der Waals surface area (Å²) < 4.78 is 15.3. The number of amides is 1. The number of hydrogen-bond donors (Lipinski definition) is 0. The van der Waals surface area contributed by atoms with Crippen LogP contribution in [0.25, 0.3) is 11.0 Å². The Kier molecular flexibility index (Phi) is 6.51. The number of rotatable bonds is 5. The van der Waals surface area contributed by atoms with Crippen molar-refractivity contribution in [2.45, 2.75) is 26.3 Å². The van der Waals surface area contributed by atoms with Gasteiger partial charge in [-0.15, -0.1) is 0 Å². The van der Waals surface area contributed by atoms with E-state index in [9.17, 15) is 9.18 Å². The van der Waals surface area contributed by atoms with E-state index in [1.54, 1.807) is 24.3 Å². The quantitative estimate of drug-likeness (QED) is 0.546. The first kappa shape index (κ1) is 22.1. The average molecular weight is 463 g/mol. The highest BCUT2D eigenvalue weighted by Gasteiger charge is 2.28. The Hall–Kier alpha value is -2.15. The van der Waals surface area contributed by atoms with Gasteiger partial charge in [-0.25, -0.2) is 9.37 Å². The maximum Gasteiger partial charge on any atom is 0.245 e. The molecule has 1 aromatic heterocycles. The number of aromatic nitrogens is 2. The van der Waals surface area contributed by atoms with E-state index in [-0.39, 0.29) is 11.7 Å². The van der Waals surface area contributed by atoms with Gasteiger partial charge in [-0.3, -0.25) is 4.79 Å². The van der Waals surface area contributed by atoms with Crippen molar-refractivity contribution in [2.75, 3.05) is 32.7 Å². The Morgan fingerprint density at radius 2 is 1.74 bits per heavy atom. The van der Waals surface area contributed by atoms with E-state index in [1.165, 1.54) is 12.1 Å². The summed E-state index contributed by atoms with van der Waals surface area (Å²) in [7, 11) is 0. The number of carbonyl (C=O) groups excluding carboxylic acids is 1. The van der Waals surface area contributed by atoms with Gasteiger partial charge in [0.2, 0.25) is 5.91 Å². The van der Waals surface area contributed by atoms with Gasteiger partial charge in [0.15, 0.2) is 0 Å². The van der Waals surface area contributed by atoms with Crippen LogP contribution in [0, 0.1) is 5.82 Å². The van der Waals surface area contributed by atoms with E-state index in [1.807, 2.05) is 16.4 Å². The average Bonchev–Trinajstić information content (AvgIpc) is 3.11. The molecule has 0 N–H and O–H groups in total. The summed E-state index contributed by atoms with van der Waals surface area (Å²) in [6, 6.07) is 9.35. The number of halogens is 3. The standard InChI is InChI=1S/C23H25Cl2FN4O/c1-3-28-8-10-29(11-9-28)23(31)15(2)30-21-14-19(25)18(24)13-20(21)27-22(30)12-16-4-6-17(26)7-5-16/h4-7,13-15H,3,8-12H2,1-2H3/t15-/m1/s1. The van der Waals surface area contributed by atoms with Crippen molar-refractivity contribution >= 4 is 40.1 Å². The Labute approximate surface area is 191 Å². The molecule has 1 aliphatic rings. The third-order valence-corrected chi connectivity index (χ3v) is 6.68. The highest BCUT2D eigenvalue weighted by Crippen LogP contribution is 2.31. The van der Waals surface area contributed by atoms with Crippen LogP contribution in [-0.2, 0) is 11.2 Å². The number of fused-ring (bicyclic) bond motifs is 1. The number of likely N-dealkylation sites (N-methyl/N-ethyl adjacent to an activating group) is 1. The molecule has 0 bridgehead atoms. The summed E-state index contributed by atoms with van der Waals surface area (Å²) in [4.78, 5) is 22.4. The van der Waals surface area contributed by atoms with Crippen LogP contribution < -0.4 is 0 Å². The van der Waals surface area contributed by atoms with Crippen LogP contribution in [-0.4, -0.2) is 58.0 Å². The first-order valence-corrected chi connectivity index (χ1v) is 11.2. The summed E-state index contributed by atoms with van der Waals surface area (Å²) in [5, 5.41) is 0.835. The summed E-state index contributed by atoms with van der Waals surface area (Å²) in [6.07, 6.45) is 0.464. The molecule has 2 heterocycles. The molecule has 0 aliphatic carbocycles. The number of benzene rings is 2. The minimum Gasteiger partial charge on any atom is -0.338 e. The smallest absolute Gasteiger partial charge is 0.245 e. The van der Waals surface area contributed by atoms with Gasteiger partial charge in [-0.2, -0.15) is 0 Å². The normalized spacial score (nSPS) is 16.1. The molecule has 0 saturated carbocycles. The van der Waals surface area contributed by atoms with Crippen LogP contribution in [0.5, 0.6) is 0 Å². The second-order valence-electron chi connectivity index (χ2n) is 7.89. The van der Waals surface area contributed by atoms with Gasteiger partial charge < -0.3 is 14.4 Å². The van der Waals surface area contributed by atoms with Gasteiger partial charge in [0.25, 0.3) is 0 Å². The van der Waals surface area contributed by atoms with Crippen LogP contribution in [0.4, 0.5) is 4.39 Å². The van der Waals surface area contributed by atoms with Crippen molar-refractivity contribution in [1.29, 1.82) is 0 Å². The van der Waals surface area contributed by atoms with E-state index in [4.69, 9.17) is 28.2 Å². The SMILES string of the molecule is CCN1CCN(C(=O)[C@@H](C)n2c(Cc3ccc(F)cc3)nc3cc(Cl)c(Cl)cc32)CC1. The molecule has 0 unspecified atom stereocenters. The topological polar surface area (TPSA) is 41.4 Å². The molecule has 8 heteroatoms. The second-order valence-corrected chi connectivity index (χ2v) is 8.71. The molecule has 2 aromatic carbocycles. The third-order valence-electron chi connectivity index (χ3n) is 5.96. The van der Waals surface area contributed by atoms with Crippen LogP contribution >= 0.6 is 23.2 Å². The summed E-state index contributed by atoms with van der Waals surface area (Å²) in [5.74, 6) is 0.486. The monoisotopic (exact) mass is 462 g/mol. The molecule has 0 radical (unpaired) electrons. The largest absolute Gasteiger partial charge is 0.338 e. The molecule has 1 saturated heterocycles. The maximum atomic E-state index is 13.4. The van der Waals surface area contributed by atoms with Crippen LogP contribution in [0.15, 0.2) is 36.4 Å². The summed E-state index contributed by atoms with van der Waals surface area (Å²) in [6.45, 7) is 8.20. The highest BCUT2D eigenvalue weighted by molar-refractivity contribution is 6.42. The zero-order valence-corrected chi connectivity index (χ0v) is 19.1. The van der Waals surface area contributed by atoms with E-state index in [0.29, 0.717) is 40.9 Å². The minimum absolute atomic E-state index is 0.0569. The van der Waals surface area contributed by atoms with E-state index >= 15 is 0 Å². The predicted molar refractivity (Wildman–Crippen MR) is 122 cm³/mol. The fourth-order valence-electron chi connectivity index (χ4n) is 4.14. The molecule has 1 fully saturated rings. The summed E-state index contributed by atoms with van der Waals surface area (Å²) in [5.41, 5.74) is 2.35. The number of nitrogens with zero attached hydrogens (tertiary/aromatic N) is 4. The Balaban J connectivity index is 1.70. The zero-order valence-electron chi connectivity index (χ0n) is 17.6. The Morgan fingerprint density at radius 1 is 1.10 bits per heavy atom. The summed E-state index contributed by atoms with van der Waals surface area (Å²) >= 11 is 12.5. The predicted octanol–water partition coefficient (Wildman–Crippen LogP) is 4.80. The molecule has 164 valence electrons. The van der Waals surface area contributed by atoms with Gasteiger partial charge >= 0.3 is 0 Å². The van der Waals surface area contributed by atoms with Crippen molar-refractivity contribution in [3.63, 3.8) is 0 Å². The lowest BCUT2D eigenvalue weighted by atomic mass is 10.1. The molecule has 1 amide bonds. The van der Waals surface area contributed by atoms with Gasteiger partial charge in [0.05, 0.1) is 21.1 Å². The number of carbonyl (C=O) groups is 1. The van der Waals surface area contributed by atoms with Gasteiger partial charge in [-0.05, 0) is 43.3 Å². The fourth-order valence-corrected chi connectivity index (χ4v) is 4.46. The fraction of sp³-hybridized carbons (Fsp3) is 0.391. The zero-order chi connectivity index (χ0) is 22.1. The second kappa shape index (κ2) is 9.15. The van der Waals surface area contributed by atoms with E-state index in [0.717, 1.165) is 30.7 Å². The first-order chi connectivity index (χ1) is 14.9. The lowest BCUT2D eigenvalue weighted by Crippen LogP contribution is -2.50. The lowest BCUT2D eigenvalue weighted by molar-refractivity contribution is -0.136. The molecule has 3 aromatic rings. The first-order valence-electron chi connectivity index (χ1n) is 10.5. The molecule has 31 heavy (non-hydrogen) atoms. The molecular weight excluding hydrogens is 438 g/mol. The molecular formula is C23H25Cl2FN4O. The number of imidazole rings is 1. The van der Waals surface area contributed by atoms with E-state index in [2.05, 4.69) is 11.8 Å². The van der Waals surface area contributed by atoms with Crippen molar-refractivity contribution in [3.05, 3.63) is 63.6 Å². The van der Waals surface area contributed by atoms with Crippen molar-refractivity contribution in [2.24, 2.45) is 0 Å².